The van der Waals surface area contributed by atoms with Gasteiger partial charge in [-0.1, -0.05) is 11.6 Å². The van der Waals surface area contributed by atoms with Crippen LogP contribution in [-0.2, 0) is 10.8 Å². The number of nitrogens with one attached hydrogen (secondary N) is 1. The first-order valence-electron chi connectivity index (χ1n) is 4.36. The van der Waals surface area contributed by atoms with Crippen LogP contribution in [0.1, 0.15) is 6.42 Å². The lowest BCUT2D eigenvalue weighted by molar-refractivity contribution is 0.669. The van der Waals surface area contributed by atoms with Crippen molar-refractivity contribution < 1.29 is 4.21 Å². The third kappa shape index (κ3) is 2.10. The Balaban J connectivity index is 2.17. The summed E-state index contributed by atoms with van der Waals surface area (Å²) in [6, 6.07) is 1.57. The molecule has 0 spiro atoms. The lowest BCUT2D eigenvalue weighted by Gasteiger charge is -2.06. The monoisotopic (exact) mass is 231 g/mol. The van der Waals surface area contributed by atoms with E-state index in [1.165, 1.54) is 6.33 Å². The second-order valence-corrected chi connectivity index (χ2v) is 5.16. The van der Waals surface area contributed by atoms with Crippen LogP contribution in [0.15, 0.2) is 17.4 Å². The van der Waals surface area contributed by atoms with E-state index in [0.29, 0.717) is 10.2 Å². The predicted octanol–water partition coefficient (Wildman–Crippen LogP) is 0.599. The molecule has 1 saturated heterocycles. The molecule has 1 aliphatic heterocycles. The fraction of sp³-hybridized carbons (Fsp3) is 0.500. The van der Waals surface area contributed by atoms with Gasteiger partial charge in [-0.05, 0) is 13.0 Å². The van der Waals surface area contributed by atoms with Crippen molar-refractivity contribution in [2.75, 3.05) is 13.1 Å². The Morgan fingerprint density at radius 1 is 1.57 bits per heavy atom. The second kappa shape index (κ2) is 4.33. The van der Waals surface area contributed by atoms with Crippen LogP contribution in [0.3, 0.4) is 0 Å². The van der Waals surface area contributed by atoms with Crippen LogP contribution in [0.2, 0.25) is 5.15 Å². The van der Waals surface area contributed by atoms with E-state index in [9.17, 15) is 4.21 Å². The Morgan fingerprint density at radius 2 is 2.43 bits per heavy atom. The molecule has 0 radical (unpaired) electrons. The number of hydrogen-bond acceptors (Lipinski definition) is 4. The average molecular weight is 232 g/mol. The normalized spacial score (nSPS) is 23.6. The molecule has 2 atom stereocenters. The third-order valence-corrected chi connectivity index (χ3v) is 3.98. The Bertz CT molecular complexity index is 354. The van der Waals surface area contributed by atoms with E-state index in [4.69, 9.17) is 11.6 Å². The van der Waals surface area contributed by atoms with Gasteiger partial charge in [-0.2, -0.15) is 0 Å². The third-order valence-electron chi connectivity index (χ3n) is 2.13. The summed E-state index contributed by atoms with van der Waals surface area (Å²) < 4.78 is 11.9. The highest BCUT2D eigenvalue weighted by Crippen LogP contribution is 2.15. The molecule has 0 bridgehead atoms. The van der Waals surface area contributed by atoms with Crippen LogP contribution in [0.25, 0.3) is 0 Å². The molecule has 0 amide bonds. The Kier molecular flexibility index (Phi) is 3.10. The molecule has 6 heteroatoms. The fourth-order valence-electron chi connectivity index (χ4n) is 1.41. The summed E-state index contributed by atoms with van der Waals surface area (Å²) >= 11 is 5.69. The Morgan fingerprint density at radius 3 is 3.07 bits per heavy atom. The van der Waals surface area contributed by atoms with Crippen molar-refractivity contribution in [3.63, 3.8) is 0 Å². The Hall–Kier alpha value is -0.520. The van der Waals surface area contributed by atoms with Gasteiger partial charge in [0.25, 0.3) is 0 Å². The molecule has 4 nitrogen and oxygen atoms in total. The van der Waals surface area contributed by atoms with Gasteiger partial charge in [0.1, 0.15) is 16.5 Å². The van der Waals surface area contributed by atoms with E-state index in [2.05, 4.69) is 15.3 Å². The van der Waals surface area contributed by atoms with E-state index in [1.54, 1.807) is 6.07 Å². The van der Waals surface area contributed by atoms with Gasteiger partial charge in [0.2, 0.25) is 0 Å². The predicted molar refractivity (Wildman–Crippen MR) is 54.7 cm³/mol. The minimum atomic E-state index is -1.07. The van der Waals surface area contributed by atoms with Gasteiger partial charge in [-0.25, -0.2) is 9.97 Å². The van der Waals surface area contributed by atoms with Crippen LogP contribution < -0.4 is 5.32 Å². The van der Waals surface area contributed by atoms with Gasteiger partial charge in [-0.3, -0.25) is 4.21 Å². The first-order valence-corrected chi connectivity index (χ1v) is 5.95. The largest absolute Gasteiger partial charge is 0.315 e. The minimum absolute atomic E-state index is 0.154. The topological polar surface area (TPSA) is 54.9 Å². The zero-order valence-corrected chi connectivity index (χ0v) is 9.01. The summed E-state index contributed by atoms with van der Waals surface area (Å²) in [5, 5.41) is 4.19. The highest BCUT2D eigenvalue weighted by Gasteiger charge is 2.23. The number of aromatic nitrogens is 2. The van der Waals surface area contributed by atoms with Crippen molar-refractivity contribution in [1.29, 1.82) is 0 Å². The maximum absolute atomic E-state index is 11.9. The van der Waals surface area contributed by atoms with Gasteiger partial charge in [0.15, 0.2) is 0 Å². The fourth-order valence-corrected chi connectivity index (χ4v) is 2.94. The molecule has 1 fully saturated rings. The molecular weight excluding hydrogens is 222 g/mol. The summed E-state index contributed by atoms with van der Waals surface area (Å²) in [5.74, 6) is 0. The summed E-state index contributed by atoms with van der Waals surface area (Å²) in [7, 11) is -1.07. The summed E-state index contributed by atoms with van der Waals surface area (Å²) in [5.41, 5.74) is 0. The number of nitrogens with zero attached hydrogens (tertiary/aromatic N) is 2. The SMILES string of the molecule is O=[S@@](c1cc(Cl)ncn1)[C@H]1CCNC1. The molecule has 0 saturated carbocycles. The van der Waals surface area contributed by atoms with E-state index in [-0.39, 0.29) is 5.25 Å². The molecule has 2 rings (SSSR count). The lowest BCUT2D eigenvalue weighted by atomic mass is 10.4. The number of rotatable bonds is 2. The number of hydrogen-bond donors (Lipinski definition) is 1. The molecule has 1 aromatic heterocycles. The zero-order valence-electron chi connectivity index (χ0n) is 7.44. The maximum Gasteiger partial charge on any atom is 0.133 e. The molecule has 0 aromatic carbocycles. The van der Waals surface area contributed by atoms with Crippen molar-refractivity contribution in [2.45, 2.75) is 16.7 Å². The van der Waals surface area contributed by atoms with Gasteiger partial charge in [-0.15, -0.1) is 0 Å². The molecule has 1 aromatic rings. The molecule has 14 heavy (non-hydrogen) atoms. The van der Waals surface area contributed by atoms with Gasteiger partial charge < -0.3 is 5.32 Å². The Labute approximate surface area is 89.6 Å². The van der Waals surface area contributed by atoms with E-state index in [1.807, 2.05) is 0 Å². The van der Waals surface area contributed by atoms with Crippen molar-refractivity contribution in [3.05, 3.63) is 17.5 Å². The molecule has 0 aliphatic carbocycles. The maximum atomic E-state index is 11.9. The first-order chi connectivity index (χ1) is 6.77. The van der Waals surface area contributed by atoms with Crippen LogP contribution >= 0.6 is 11.6 Å². The molecular formula is C8H10ClN3OS. The highest BCUT2D eigenvalue weighted by molar-refractivity contribution is 7.85. The highest BCUT2D eigenvalue weighted by atomic mass is 35.5. The second-order valence-electron chi connectivity index (χ2n) is 3.09. The van der Waals surface area contributed by atoms with Gasteiger partial charge in [0.05, 0.1) is 16.0 Å². The van der Waals surface area contributed by atoms with Crippen molar-refractivity contribution in [3.8, 4) is 0 Å². The lowest BCUT2D eigenvalue weighted by Crippen LogP contribution is -2.19. The molecule has 1 aliphatic rings. The van der Waals surface area contributed by atoms with Crippen molar-refractivity contribution in [1.82, 2.24) is 15.3 Å². The van der Waals surface area contributed by atoms with E-state index >= 15 is 0 Å². The molecule has 76 valence electrons. The summed E-state index contributed by atoms with van der Waals surface area (Å²) in [6.07, 6.45) is 2.27. The van der Waals surface area contributed by atoms with Crippen molar-refractivity contribution >= 4 is 22.4 Å². The quantitative estimate of drug-likeness (QED) is 0.758. The van der Waals surface area contributed by atoms with Crippen LogP contribution in [0, 0.1) is 0 Å². The van der Waals surface area contributed by atoms with E-state index < -0.39 is 10.8 Å². The zero-order chi connectivity index (χ0) is 9.97. The molecule has 2 heterocycles. The smallest absolute Gasteiger partial charge is 0.133 e. The standard InChI is InChI=1S/C8H10ClN3OS/c9-7-3-8(12-5-11-7)14(13)6-1-2-10-4-6/h3,5-6,10H,1-2,4H2/t6-,14+/m0/s1. The van der Waals surface area contributed by atoms with Crippen molar-refractivity contribution in [2.24, 2.45) is 0 Å². The van der Waals surface area contributed by atoms with E-state index in [0.717, 1.165) is 19.5 Å². The molecule has 1 N–H and O–H groups in total. The van der Waals surface area contributed by atoms with Crippen LogP contribution in [-0.4, -0.2) is 32.5 Å². The van der Waals surface area contributed by atoms with Crippen LogP contribution in [0.5, 0.6) is 0 Å². The first kappa shape index (κ1) is 10.0. The number of halogens is 1. The van der Waals surface area contributed by atoms with Crippen LogP contribution in [0.4, 0.5) is 0 Å². The van der Waals surface area contributed by atoms with Gasteiger partial charge in [0, 0.05) is 12.6 Å². The minimum Gasteiger partial charge on any atom is -0.315 e. The molecule has 0 unspecified atom stereocenters. The summed E-state index contributed by atoms with van der Waals surface area (Å²) in [4.78, 5) is 7.71. The average Bonchev–Trinajstić information content (AvgIpc) is 2.69. The summed E-state index contributed by atoms with van der Waals surface area (Å²) in [6.45, 7) is 1.71. The van der Waals surface area contributed by atoms with Gasteiger partial charge >= 0.3 is 0 Å².